The maximum atomic E-state index is 13.3. The number of carbonyl (C=O) groups is 1. The molecule has 0 N–H and O–H groups in total. The third kappa shape index (κ3) is 4.43. The van der Waals surface area contributed by atoms with Crippen LogP contribution < -0.4 is 0 Å². The molecule has 30 heavy (non-hydrogen) atoms. The zero-order valence-corrected chi connectivity index (χ0v) is 17.2. The van der Waals surface area contributed by atoms with Crippen LogP contribution in [0.3, 0.4) is 0 Å². The SMILES string of the molecule is Cc1ccc(-c2cc(C(=O)N(Cc3ccc(F)cc3)[C@H]3CCS(=O)(=O)C3)no2)cc1. The fourth-order valence-electron chi connectivity index (χ4n) is 3.55. The summed E-state index contributed by atoms with van der Waals surface area (Å²) in [4.78, 5) is 14.7. The van der Waals surface area contributed by atoms with E-state index in [0.29, 0.717) is 17.7 Å². The molecule has 1 amide bonds. The average molecular weight is 428 g/mol. The van der Waals surface area contributed by atoms with Gasteiger partial charge in [0.25, 0.3) is 5.91 Å². The number of benzene rings is 2. The first kappa shape index (κ1) is 20.3. The highest BCUT2D eigenvalue weighted by Crippen LogP contribution is 2.25. The van der Waals surface area contributed by atoms with Crippen LogP contribution in [0.4, 0.5) is 4.39 Å². The number of amides is 1. The van der Waals surface area contributed by atoms with E-state index in [9.17, 15) is 17.6 Å². The molecule has 1 aromatic heterocycles. The van der Waals surface area contributed by atoms with Gasteiger partial charge in [0.15, 0.2) is 21.3 Å². The summed E-state index contributed by atoms with van der Waals surface area (Å²) in [6.45, 7) is 2.13. The topological polar surface area (TPSA) is 80.5 Å². The van der Waals surface area contributed by atoms with Gasteiger partial charge < -0.3 is 9.42 Å². The van der Waals surface area contributed by atoms with E-state index in [1.54, 1.807) is 18.2 Å². The molecule has 1 atom stereocenters. The number of nitrogens with zero attached hydrogens (tertiary/aromatic N) is 2. The lowest BCUT2D eigenvalue weighted by molar-refractivity contribution is 0.0670. The van der Waals surface area contributed by atoms with Gasteiger partial charge in [-0.1, -0.05) is 47.1 Å². The molecule has 4 rings (SSSR count). The normalized spacial score (nSPS) is 17.7. The Morgan fingerprint density at radius 3 is 2.50 bits per heavy atom. The van der Waals surface area contributed by atoms with E-state index in [-0.39, 0.29) is 29.6 Å². The van der Waals surface area contributed by atoms with Crippen LogP contribution in [0.2, 0.25) is 0 Å². The summed E-state index contributed by atoms with van der Waals surface area (Å²) < 4.78 is 42.6. The Morgan fingerprint density at radius 1 is 1.17 bits per heavy atom. The number of rotatable bonds is 5. The van der Waals surface area contributed by atoms with E-state index < -0.39 is 21.8 Å². The van der Waals surface area contributed by atoms with Crippen molar-refractivity contribution in [3.8, 4) is 11.3 Å². The second kappa shape index (κ2) is 8.02. The summed E-state index contributed by atoms with van der Waals surface area (Å²) in [7, 11) is -3.19. The molecule has 0 saturated carbocycles. The fourth-order valence-corrected chi connectivity index (χ4v) is 5.28. The summed E-state index contributed by atoms with van der Waals surface area (Å²) in [5.41, 5.74) is 2.71. The Kier molecular flexibility index (Phi) is 5.42. The molecule has 8 heteroatoms. The lowest BCUT2D eigenvalue weighted by Gasteiger charge is -2.27. The summed E-state index contributed by atoms with van der Waals surface area (Å²) in [5.74, 6) is -0.386. The Labute approximate surface area is 174 Å². The Morgan fingerprint density at radius 2 is 1.87 bits per heavy atom. The van der Waals surface area contributed by atoms with Gasteiger partial charge in [0.05, 0.1) is 11.5 Å². The lowest BCUT2D eigenvalue weighted by Crippen LogP contribution is -2.40. The summed E-state index contributed by atoms with van der Waals surface area (Å²) in [6, 6.07) is 14.5. The molecule has 0 radical (unpaired) electrons. The second-order valence-electron chi connectivity index (χ2n) is 7.56. The molecular weight excluding hydrogens is 407 g/mol. The molecule has 1 saturated heterocycles. The monoisotopic (exact) mass is 428 g/mol. The van der Waals surface area contributed by atoms with E-state index in [1.807, 2.05) is 31.2 Å². The highest BCUT2D eigenvalue weighted by molar-refractivity contribution is 7.91. The van der Waals surface area contributed by atoms with Crippen molar-refractivity contribution in [2.24, 2.45) is 0 Å². The smallest absolute Gasteiger partial charge is 0.276 e. The number of hydrogen-bond acceptors (Lipinski definition) is 5. The quantitative estimate of drug-likeness (QED) is 0.620. The van der Waals surface area contributed by atoms with Crippen LogP contribution in [0.15, 0.2) is 59.1 Å². The Balaban J connectivity index is 1.62. The zero-order valence-electron chi connectivity index (χ0n) is 16.4. The van der Waals surface area contributed by atoms with Crippen molar-refractivity contribution in [3.05, 3.63) is 77.2 Å². The van der Waals surface area contributed by atoms with Gasteiger partial charge in [0, 0.05) is 24.2 Å². The van der Waals surface area contributed by atoms with Crippen molar-refractivity contribution in [1.82, 2.24) is 10.1 Å². The van der Waals surface area contributed by atoms with Crippen LogP contribution in [0.1, 0.15) is 28.0 Å². The first-order valence-corrected chi connectivity index (χ1v) is 11.4. The van der Waals surface area contributed by atoms with Crippen molar-refractivity contribution in [2.45, 2.75) is 25.9 Å². The molecule has 0 aliphatic carbocycles. The predicted octanol–water partition coefficient (Wildman–Crippen LogP) is 3.62. The van der Waals surface area contributed by atoms with E-state index >= 15 is 0 Å². The van der Waals surface area contributed by atoms with Crippen molar-refractivity contribution < 1.29 is 22.1 Å². The molecular formula is C22H21FN2O4S. The van der Waals surface area contributed by atoms with Gasteiger partial charge in [-0.25, -0.2) is 12.8 Å². The molecule has 6 nitrogen and oxygen atoms in total. The maximum Gasteiger partial charge on any atom is 0.276 e. The first-order valence-electron chi connectivity index (χ1n) is 9.60. The number of halogens is 1. The van der Waals surface area contributed by atoms with Gasteiger partial charge in [-0.05, 0) is 31.0 Å². The van der Waals surface area contributed by atoms with Gasteiger partial charge in [0.2, 0.25) is 0 Å². The van der Waals surface area contributed by atoms with Crippen LogP contribution in [-0.4, -0.2) is 41.9 Å². The highest BCUT2D eigenvalue weighted by atomic mass is 32.2. The maximum absolute atomic E-state index is 13.3. The first-order chi connectivity index (χ1) is 14.3. The molecule has 2 heterocycles. The summed E-state index contributed by atoms with van der Waals surface area (Å²) in [5, 5.41) is 3.92. The largest absolute Gasteiger partial charge is 0.355 e. The van der Waals surface area contributed by atoms with Crippen molar-refractivity contribution >= 4 is 15.7 Å². The Bertz CT molecular complexity index is 1150. The van der Waals surface area contributed by atoms with E-state index in [0.717, 1.165) is 11.1 Å². The van der Waals surface area contributed by atoms with E-state index in [1.165, 1.54) is 17.0 Å². The third-order valence-corrected chi connectivity index (χ3v) is 6.99. The van der Waals surface area contributed by atoms with Gasteiger partial charge in [-0.3, -0.25) is 4.79 Å². The number of carbonyl (C=O) groups excluding carboxylic acids is 1. The van der Waals surface area contributed by atoms with Gasteiger partial charge >= 0.3 is 0 Å². The molecule has 2 aromatic carbocycles. The van der Waals surface area contributed by atoms with Crippen molar-refractivity contribution in [1.29, 1.82) is 0 Å². The van der Waals surface area contributed by atoms with E-state index in [2.05, 4.69) is 5.16 Å². The number of sulfone groups is 1. The molecule has 1 aliphatic rings. The van der Waals surface area contributed by atoms with Gasteiger partial charge in [0.1, 0.15) is 5.82 Å². The fraction of sp³-hybridized carbons (Fsp3) is 0.273. The van der Waals surface area contributed by atoms with Crippen molar-refractivity contribution in [3.63, 3.8) is 0 Å². The molecule has 3 aromatic rings. The molecule has 156 valence electrons. The zero-order chi connectivity index (χ0) is 21.3. The van der Waals surface area contributed by atoms with Gasteiger partial charge in [-0.2, -0.15) is 0 Å². The molecule has 0 unspecified atom stereocenters. The van der Waals surface area contributed by atoms with Gasteiger partial charge in [-0.15, -0.1) is 0 Å². The number of aryl methyl sites for hydroxylation is 1. The lowest BCUT2D eigenvalue weighted by atomic mass is 10.1. The van der Waals surface area contributed by atoms with Crippen LogP contribution in [0.5, 0.6) is 0 Å². The average Bonchev–Trinajstić information content (AvgIpc) is 3.34. The van der Waals surface area contributed by atoms with Crippen LogP contribution >= 0.6 is 0 Å². The standard InChI is InChI=1S/C22H21FN2O4S/c1-15-2-6-17(7-3-15)21-12-20(24-29-21)22(26)25(19-10-11-30(27,28)14-19)13-16-4-8-18(23)9-5-16/h2-9,12,19H,10-11,13-14H2,1H3/t19-/m0/s1. The minimum Gasteiger partial charge on any atom is -0.355 e. The molecule has 1 fully saturated rings. The highest BCUT2D eigenvalue weighted by Gasteiger charge is 2.36. The van der Waals surface area contributed by atoms with Crippen LogP contribution in [0.25, 0.3) is 11.3 Å². The number of aromatic nitrogens is 1. The van der Waals surface area contributed by atoms with Crippen LogP contribution in [-0.2, 0) is 16.4 Å². The Hall–Kier alpha value is -3.00. The number of hydrogen-bond donors (Lipinski definition) is 0. The molecule has 0 spiro atoms. The van der Waals surface area contributed by atoms with Crippen molar-refractivity contribution in [2.75, 3.05) is 11.5 Å². The third-order valence-electron chi connectivity index (χ3n) is 5.24. The summed E-state index contributed by atoms with van der Waals surface area (Å²) in [6.07, 6.45) is 0.359. The predicted molar refractivity (Wildman–Crippen MR) is 110 cm³/mol. The van der Waals surface area contributed by atoms with E-state index in [4.69, 9.17) is 4.52 Å². The molecule has 1 aliphatic heterocycles. The summed E-state index contributed by atoms with van der Waals surface area (Å²) >= 11 is 0. The molecule has 0 bridgehead atoms. The van der Waals surface area contributed by atoms with Crippen LogP contribution in [0, 0.1) is 12.7 Å². The second-order valence-corrected chi connectivity index (χ2v) is 9.79. The minimum atomic E-state index is -3.19. The minimum absolute atomic E-state index is 0.0400.